The van der Waals surface area contributed by atoms with Gasteiger partial charge in [0.25, 0.3) is 0 Å². The summed E-state index contributed by atoms with van der Waals surface area (Å²) in [7, 11) is 0. The molecule has 0 spiro atoms. The topological polar surface area (TPSA) is 109 Å². The molecular weight excluding hydrogens is 345 g/mol. The van der Waals surface area contributed by atoms with Crippen molar-refractivity contribution < 1.29 is 23.5 Å². The molecule has 2 aromatic rings. The molecule has 0 bridgehead atoms. The second-order valence-electron chi connectivity index (χ2n) is 4.67. The molecule has 10 heteroatoms. The normalized spacial score (nSPS) is 10.8. The van der Waals surface area contributed by atoms with Crippen molar-refractivity contribution in [2.45, 2.75) is 6.92 Å². The minimum atomic E-state index is -1.24. The summed E-state index contributed by atoms with van der Waals surface area (Å²) in [5, 5.41) is 13.6. The Morgan fingerprint density at radius 3 is 2.36 bits per heavy atom. The molecule has 0 saturated heterocycles. The molecule has 0 unspecified atom stereocenters. The molecule has 0 atom stereocenters. The van der Waals surface area contributed by atoms with E-state index in [2.05, 4.69) is 10.1 Å². The molecule has 126 valence electrons. The van der Waals surface area contributed by atoms with Crippen LogP contribution in [0.2, 0.25) is 0 Å². The second kappa shape index (κ2) is 8.65. The van der Waals surface area contributed by atoms with Gasteiger partial charge in [-0.25, -0.2) is 18.4 Å². The number of aromatic carboxylic acids is 1. The first kappa shape index (κ1) is 20.7. The Kier molecular flexibility index (Phi) is 7.16. The van der Waals surface area contributed by atoms with E-state index < -0.39 is 23.6 Å². The van der Waals surface area contributed by atoms with Crippen molar-refractivity contribution in [3.63, 3.8) is 0 Å². The van der Waals surface area contributed by atoms with Crippen LogP contribution in [-0.2, 0) is 0 Å². The van der Waals surface area contributed by atoms with Gasteiger partial charge in [-0.2, -0.15) is 10.1 Å². The third-order valence-corrected chi connectivity index (χ3v) is 2.93. The van der Waals surface area contributed by atoms with Crippen LogP contribution in [0.15, 0.2) is 41.6 Å². The van der Waals surface area contributed by atoms with Gasteiger partial charge in [-0.15, -0.1) is 0 Å². The average molecular weight is 358 g/mol. The van der Waals surface area contributed by atoms with Crippen molar-refractivity contribution in [2.24, 2.45) is 10.8 Å². The number of hydrogen-bond donors (Lipinski definition) is 2. The SMILES string of the molecule is C/C(=N\N(C(N)=O)c1cc(F)cc(F)c1)c1ncccc1C(=O)O.[NaH]. The quantitative estimate of drug-likeness (QED) is 0.493. The number of hydrogen-bond acceptors (Lipinski definition) is 4. The van der Waals surface area contributed by atoms with Crippen LogP contribution in [0.25, 0.3) is 0 Å². The van der Waals surface area contributed by atoms with Crippen LogP contribution in [0.1, 0.15) is 23.0 Å². The monoisotopic (exact) mass is 358 g/mol. The van der Waals surface area contributed by atoms with Crippen LogP contribution in [-0.4, -0.2) is 57.4 Å². The van der Waals surface area contributed by atoms with Gasteiger partial charge in [0.15, 0.2) is 0 Å². The molecule has 0 radical (unpaired) electrons. The third kappa shape index (κ3) is 5.05. The van der Waals surface area contributed by atoms with Gasteiger partial charge in [-0.3, -0.25) is 4.98 Å². The molecule has 3 N–H and O–H groups in total. The zero-order chi connectivity index (χ0) is 17.9. The number of urea groups is 1. The van der Waals surface area contributed by atoms with E-state index in [-0.39, 0.29) is 52.2 Å². The fraction of sp³-hybridized carbons (Fsp3) is 0.0667. The van der Waals surface area contributed by atoms with E-state index in [9.17, 15) is 18.4 Å². The standard InChI is InChI=1S/C15H12F2N4O3.Na.H/c1-8(13-12(14(22)23)3-2-4-19-13)20-21(15(18)24)11-6-9(16)5-10(17)7-11;;/h2-7H,1H3,(H2,18,24)(H,22,23);;/b20-8+;;. The third-order valence-electron chi connectivity index (χ3n) is 2.93. The van der Waals surface area contributed by atoms with Crippen molar-refractivity contribution in [2.75, 3.05) is 5.01 Å². The predicted octanol–water partition coefficient (Wildman–Crippen LogP) is 1.72. The molecule has 0 fully saturated rings. The van der Waals surface area contributed by atoms with Gasteiger partial charge in [0, 0.05) is 12.3 Å². The second-order valence-corrected chi connectivity index (χ2v) is 4.67. The molecule has 0 aliphatic rings. The van der Waals surface area contributed by atoms with Crippen LogP contribution in [0.4, 0.5) is 19.3 Å². The van der Waals surface area contributed by atoms with Gasteiger partial charge in [0.05, 0.1) is 17.0 Å². The predicted molar refractivity (Wildman–Crippen MR) is 89.0 cm³/mol. The van der Waals surface area contributed by atoms with Crippen LogP contribution in [0.5, 0.6) is 0 Å². The first-order valence-corrected chi connectivity index (χ1v) is 6.59. The van der Waals surface area contributed by atoms with E-state index in [4.69, 9.17) is 10.8 Å². The maximum absolute atomic E-state index is 13.3. The molecule has 1 aromatic carbocycles. The maximum atomic E-state index is 13.3. The van der Waals surface area contributed by atoms with Crippen molar-refractivity contribution >= 4 is 53.0 Å². The Balaban J connectivity index is 0.00000312. The summed E-state index contributed by atoms with van der Waals surface area (Å²) in [4.78, 5) is 26.7. The van der Waals surface area contributed by atoms with E-state index in [1.165, 1.54) is 25.3 Å². The van der Waals surface area contributed by atoms with E-state index in [0.717, 1.165) is 12.1 Å². The number of anilines is 1. The molecule has 25 heavy (non-hydrogen) atoms. The van der Waals surface area contributed by atoms with Crippen LogP contribution < -0.4 is 10.7 Å². The molecule has 1 heterocycles. The molecule has 0 aliphatic carbocycles. The van der Waals surface area contributed by atoms with Gasteiger partial charge >= 0.3 is 41.6 Å². The number of rotatable bonds is 4. The molecule has 0 saturated carbocycles. The summed E-state index contributed by atoms with van der Waals surface area (Å²) in [5.41, 5.74) is 4.82. The number of carbonyl (C=O) groups is 2. The van der Waals surface area contributed by atoms with Crippen LogP contribution in [0.3, 0.4) is 0 Å². The van der Waals surface area contributed by atoms with Crippen LogP contribution >= 0.6 is 0 Å². The number of primary amides is 1. The summed E-state index contributed by atoms with van der Waals surface area (Å²) in [6.45, 7) is 1.39. The summed E-state index contributed by atoms with van der Waals surface area (Å²) in [6, 6.07) is 3.98. The van der Waals surface area contributed by atoms with E-state index in [1.54, 1.807) is 0 Å². The van der Waals surface area contributed by atoms with Gasteiger partial charge < -0.3 is 10.8 Å². The number of carboxylic acids is 1. The zero-order valence-corrected chi connectivity index (χ0v) is 12.4. The van der Waals surface area contributed by atoms with Gasteiger partial charge in [-0.1, -0.05) is 0 Å². The van der Waals surface area contributed by atoms with E-state index in [1.807, 2.05) is 0 Å². The Labute approximate surface area is 163 Å². The van der Waals surface area contributed by atoms with Crippen molar-refractivity contribution in [3.8, 4) is 0 Å². The fourth-order valence-electron chi connectivity index (χ4n) is 1.96. The van der Waals surface area contributed by atoms with E-state index in [0.29, 0.717) is 11.1 Å². The Bertz CT molecular complexity index is 825. The number of benzene rings is 1. The first-order valence-electron chi connectivity index (χ1n) is 6.59. The number of nitrogens with two attached hydrogens (primary N) is 1. The van der Waals surface area contributed by atoms with Crippen molar-refractivity contribution in [1.29, 1.82) is 0 Å². The van der Waals surface area contributed by atoms with Gasteiger partial charge in [0.1, 0.15) is 17.3 Å². The Morgan fingerprint density at radius 2 is 1.84 bits per heavy atom. The van der Waals surface area contributed by atoms with Gasteiger partial charge in [0.2, 0.25) is 0 Å². The Hall–Kier alpha value is -2.36. The van der Waals surface area contributed by atoms with Crippen molar-refractivity contribution in [1.82, 2.24) is 4.98 Å². The molecule has 2 amide bonds. The summed E-state index contributed by atoms with van der Waals surface area (Å²) in [5.74, 6) is -3.09. The summed E-state index contributed by atoms with van der Waals surface area (Å²) >= 11 is 0. The average Bonchev–Trinajstić information content (AvgIpc) is 2.51. The molecule has 7 nitrogen and oxygen atoms in total. The fourth-order valence-corrected chi connectivity index (χ4v) is 1.96. The number of halogens is 2. The van der Waals surface area contributed by atoms with E-state index >= 15 is 0 Å². The molecule has 2 rings (SSSR count). The molecule has 0 aliphatic heterocycles. The summed E-state index contributed by atoms with van der Waals surface area (Å²) < 4.78 is 26.6. The minimum absolute atomic E-state index is 0. The number of pyridine rings is 1. The zero-order valence-electron chi connectivity index (χ0n) is 12.4. The Morgan fingerprint density at radius 1 is 1.24 bits per heavy atom. The number of nitrogens with zero attached hydrogens (tertiary/aromatic N) is 3. The van der Waals surface area contributed by atoms with Crippen LogP contribution in [0, 0.1) is 11.6 Å². The molecular formula is C15H13F2N4NaO3. The summed E-state index contributed by atoms with van der Waals surface area (Å²) in [6.07, 6.45) is 1.34. The molecule has 1 aromatic heterocycles. The number of hydrazone groups is 1. The first-order chi connectivity index (χ1) is 11.3. The van der Waals surface area contributed by atoms with Crippen molar-refractivity contribution in [3.05, 3.63) is 59.4 Å². The number of aromatic nitrogens is 1. The number of carbonyl (C=O) groups excluding carboxylic acids is 1. The van der Waals surface area contributed by atoms with Gasteiger partial charge in [-0.05, 0) is 31.2 Å². The number of amides is 2. The number of carboxylic acid groups (broad SMARTS) is 1.